The molecule has 0 aliphatic heterocycles. The van der Waals surface area contributed by atoms with Gasteiger partial charge < -0.3 is 35.3 Å². The Kier molecular flexibility index (Phi) is 15.3. The third-order valence-corrected chi connectivity index (χ3v) is 10.8. The fraction of sp³-hybridized carbons (Fsp3) is 0.0588. The van der Waals surface area contributed by atoms with E-state index in [1.54, 1.807) is 44.2 Å². The molecule has 0 aliphatic rings. The zero-order valence-electron chi connectivity index (χ0n) is 30.7. The van der Waals surface area contributed by atoms with E-state index in [-0.39, 0.29) is 127 Å². The van der Waals surface area contributed by atoms with Crippen molar-refractivity contribution in [1.29, 1.82) is 0 Å². The largest absolute Gasteiger partial charge is 1.00 e. The molecule has 17 nitrogen and oxygen atoms in total. The Morgan fingerprint density at radius 3 is 1.47 bits per heavy atom. The van der Waals surface area contributed by atoms with Crippen LogP contribution in [0.3, 0.4) is 0 Å². The van der Waals surface area contributed by atoms with Crippen molar-refractivity contribution in [3.05, 3.63) is 90.0 Å². The maximum atomic E-state index is 12.1. The Morgan fingerprint density at radius 1 is 0.544 bits per heavy atom. The van der Waals surface area contributed by atoms with E-state index in [1.165, 1.54) is 24.3 Å². The number of nitrogen functional groups attached to an aromatic ring is 2. The molecule has 0 bridgehead atoms. The normalized spacial score (nSPS) is 12.1. The monoisotopic (exact) mass is 858 g/mol. The molecule has 0 heterocycles. The number of phenolic OH excluding ortho intramolecular Hbond substituents is 2. The number of hydrogen-bond donors (Lipinski definition) is 4. The minimum atomic E-state index is -5.32. The van der Waals surface area contributed by atoms with Crippen LogP contribution in [0.4, 0.5) is 34.1 Å². The van der Waals surface area contributed by atoms with Crippen molar-refractivity contribution in [2.75, 3.05) is 11.5 Å². The fourth-order valence-corrected chi connectivity index (χ4v) is 7.50. The summed E-state index contributed by atoms with van der Waals surface area (Å²) < 4.78 is 107. The molecule has 6 aromatic carbocycles. The number of aryl methyl sites for hydroxylation is 2. The number of azo groups is 2. The van der Waals surface area contributed by atoms with E-state index >= 15 is 0 Å². The average Bonchev–Trinajstić information content (AvgIpc) is 3.07. The number of aromatic hydroxyl groups is 2. The summed E-state index contributed by atoms with van der Waals surface area (Å²) in [5.74, 6) is -1.47. The number of benzene rings is 6. The third kappa shape index (κ3) is 10.2. The summed E-state index contributed by atoms with van der Waals surface area (Å²) in [6, 6.07) is 17.6. The molecular formula is C34H25N6Na3O11S3. The zero-order chi connectivity index (χ0) is 39.5. The molecule has 0 radical (unpaired) electrons. The summed E-state index contributed by atoms with van der Waals surface area (Å²) in [6.45, 7) is 3.36. The van der Waals surface area contributed by atoms with Gasteiger partial charge in [0.25, 0.3) is 0 Å². The van der Waals surface area contributed by atoms with Crippen LogP contribution in [0.25, 0.3) is 32.7 Å². The van der Waals surface area contributed by atoms with Crippen LogP contribution < -0.4 is 100 Å². The van der Waals surface area contributed by atoms with E-state index in [2.05, 4.69) is 20.5 Å². The molecule has 23 heteroatoms. The number of rotatable bonds is 8. The molecule has 0 saturated heterocycles. The Labute approximate surface area is 392 Å². The van der Waals surface area contributed by atoms with Crippen molar-refractivity contribution in [2.45, 2.75) is 28.5 Å². The minimum absolute atomic E-state index is 0. The molecule has 0 atom stereocenters. The van der Waals surface area contributed by atoms with Crippen molar-refractivity contribution < 1.29 is 138 Å². The first-order valence-electron chi connectivity index (χ1n) is 15.2. The SMILES string of the molecule is Cc1cc(-c2ccc(N=Nc3c(S(=O)(=O)[O-])cc4cc(S(=O)(=O)[O-])cc(N)c4c3O)c(C)c2)ccc1N=Nc1c(S(=O)(=O)[O-])cc2ccc(N)cc2c1O.[Na+].[Na+].[Na+]. The second kappa shape index (κ2) is 18.1. The van der Waals surface area contributed by atoms with Gasteiger partial charge in [0.15, 0.2) is 11.5 Å². The van der Waals surface area contributed by atoms with Gasteiger partial charge in [-0.3, -0.25) is 0 Å². The van der Waals surface area contributed by atoms with E-state index in [0.29, 0.717) is 22.3 Å². The van der Waals surface area contributed by atoms with Crippen LogP contribution in [0.15, 0.2) is 114 Å². The molecule has 0 aliphatic carbocycles. The van der Waals surface area contributed by atoms with Gasteiger partial charge in [0.2, 0.25) is 0 Å². The van der Waals surface area contributed by atoms with Crippen LogP contribution in [-0.4, -0.2) is 49.1 Å². The van der Waals surface area contributed by atoms with Gasteiger partial charge in [0.1, 0.15) is 41.7 Å². The predicted molar refractivity (Wildman–Crippen MR) is 194 cm³/mol. The van der Waals surface area contributed by atoms with E-state index < -0.39 is 73.6 Å². The van der Waals surface area contributed by atoms with E-state index in [4.69, 9.17) is 11.5 Å². The molecule has 0 aromatic heterocycles. The first-order valence-corrected chi connectivity index (χ1v) is 19.4. The van der Waals surface area contributed by atoms with Gasteiger partial charge in [-0.15, -0.1) is 10.2 Å². The van der Waals surface area contributed by atoms with E-state index in [9.17, 15) is 49.1 Å². The summed E-state index contributed by atoms with van der Waals surface area (Å²) in [5.41, 5.74) is 13.2. The molecule has 0 fully saturated rings. The maximum absolute atomic E-state index is 12.1. The summed E-state index contributed by atoms with van der Waals surface area (Å²) >= 11 is 0. The van der Waals surface area contributed by atoms with Crippen molar-refractivity contribution in [2.24, 2.45) is 20.5 Å². The van der Waals surface area contributed by atoms with Crippen LogP contribution in [0.5, 0.6) is 11.5 Å². The first-order chi connectivity index (χ1) is 25.1. The average molecular weight is 859 g/mol. The summed E-state index contributed by atoms with van der Waals surface area (Å²) in [4.78, 5) is -2.61. The van der Waals surface area contributed by atoms with Gasteiger partial charge in [-0.25, -0.2) is 25.3 Å². The number of anilines is 2. The molecule has 0 amide bonds. The number of nitrogens with two attached hydrogens (primary N) is 2. The Balaban J connectivity index is 0.00000290. The molecule has 6 rings (SSSR count). The van der Waals surface area contributed by atoms with Gasteiger partial charge in [-0.2, -0.15) is 10.2 Å². The first kappa shape index (κ1) is 48.3. The standard InChI is InChI=1S/C34H28N6O11S3.3Na/c1-16-9-18(4-7-26(16)37-39-31-28(53(46,47)48)12-20-3-6-22(35)14-24(20)33(31)41)19-5-8-27(17(2)10-19)38-40-32-29(54(49,50)51)13-21-11-23(52(43,44)45)15-25(36)30(21)34(32)42;;;/h3-15,41-42H,35-36H2,1-2H3,(H,43,44,45)(H,46,47,48)(H,49,50,51);;;/q;3*+1/p-3. The Morgan fingerprint density at radius 2 is 1.02 bits per heavy atom. The number of phenols is 2. The Hall–Kier alpha value is -3.03. The van der Waals surface area contributed by atoms with Gasteiger partial charge in [-0.05, 0) is 108 Å². The fourth-order valence-electron chi connectivity index (χ4n) is 5.67. The van der Waals surface area contributed by atoms with E-state index in [0.717, 1.165) is 24.3 Å². The second-order valence-electron chi connectivity index (χ2n) is 12.0. The van der Waals surface area contributed by atoms with Gasteiger partial charge in [-0.1, -0.05) is 18.2 Å². The molecule has 57 heavy (non-hydrogen) atoms. The number of fused-ring (bicyclic) bond motifs is 2. The summed E-state index contributed by atoms with van der Waals surface area (Å²) in [5, 5.41) is 37.6. The maximum Gasteiger partial charge on any atom is 1.00 e. The number of nitrogens with zero attached hydrogens (tertiary/aromatic N) is 4. The molecule has 278 valence electrons. The van der Waals surface area contributed by atoms with E-state index in [1.807, 2.05) is 0 Å². The number of hydrogen-bond acceptors (Lipinski definition) is 17. The molecule has 0 unspecified atom stereocenters. The van der Waals surface area contributed by atoms with Crippen LogP contribution in [0.2, 0.25) is 0 Å². The van der Waals surface area contributed by atoms with Crippen LogP contribution >= 0.6 is 0 Å². The topological polar surface area (TPSA) is 314 Å². The summed E-state index contributed by atoms with van der Waals surface area (Å²) in [6.07, 6.45) is 0. The zero-order valence-corrected chi connectivity index (χ0v) is 39.2. The van der Waals surface area contributed by atoms with Gasteiger partial charge in [0, 0.05) is 22.1 Å². The van der Waals surface area contributed by atoms with Crippen molar-refractivity contribution in [3.63, 3.8) is 0 Å². The predicted octanol–water partition coefficient (Wildman–Crippen LogP) is -2.59. The second-order valence-corrected chi connectivity index (χ2v) is 16.1. The molecule has 6 aromatic rings. The minimum Gasteiger partial charge on any atom is -0.744 e. The van der Waals surface area contributed by atoms with Crippen LogP contribution in [0.1, 0.15) is 11.1 Å². The smallest absolute Gasteiger partial charge is 0.744 e. The third-order valence-electron chi connectivity index (χ3n) is 8.30. The Bertz CT molecular complexity index is 3000. The molecular weight excluding hydrogens is 834 g/mol. The molecule has 0 spiro atoms. The van der Waals surface area contributed by atoms with Crippen LogP contribution in [0, 0.1) is 13.8 Å². The quantitative estimate of drug-likeness (QED) is 0.0529. The summed E-state index contributed by atoms with van der Waals surface area (Å²) in [7, 11) is -15.4. The van der Waals surface area contributed by atoms with Crippen molar-refractivity contribution in [3.8, 4) is 22.6 Å². The van der Waals surface area contributed by atoms with Gasteiger partial charge >= 0.3 is 88.7 Å². The van der Waals surface area contributed by atoms with Gasteiger partial charge in [0.05, 0.1) is 26.1 Å². The van der Waals surface area contributed by atoms with Crippen molar-refractivity contribution in [1.82, 2.24) is 0 Å². The molecule has 6 N–H and O–H groups in total. The van der Waals surface area contributed by atoms with Crippen molar-refractivity contribution >= 4 is 86.0 Å². The molecule has 0 saturated carbocycles. The van der Waals surface area contributed by atoms with Crippen LogP contribution in [-0.2, 0) is 30.4 Å².